The summed E-state index contributed by atoms with van der Waals surface area (Å²) in [6.45, 7) is 0.969. The van der Waals surface area contributed by atoms with Gasteiger partial charge in [-0.1, -0.05) is 42.6 Å². The van der Waals surface area contributed by atoms with E-state index in [1.165, 1.54) is 0 Å². The average molecular weight is 284 g/mol. The number of unbranched alkanes of at least 4 members (excludes halogenated alkanes) is 3. The van der Waals surface area contributed by atoms with Crippen molar-refractivity contribution in [2.75, 3.05) is 13.2 Å². The zero-order chi connectivity index (χ0) is 13.9. The second kappa shape index (κ2) is 9.82. The number of carbonyl (C=O) groups is 1. The highest BCUT2D eigenvalue weighted by Crippen LogP contribution is 2.16. The van der Waals surface area contributed by atoms with E-state index >= 15 is 0 Å². The molecule has 0 radical (unpaired) electrons. The van der Waals surface area contributed by atoms with Crippen LogP contribution in [0.4, 0.5) is 0 Å². The maximum absolute atomic E-state index is 11.6. The second-order valence-corrected chi connectivity index (χ2v) is 4.99. The first-order valence-corrected chi connectivity index (χ1v) is 7.23. The molecule has 0 unspecified atom stereocenters. The molecule has 0 aliphatic rings. The number of aliphatic hydroxyl groups is 1. The Labute approximate surface area is 120 Å². The van der Waals surface area contributed by atoms with E-state index in [4.69, 9.17) is 16.7 Å². The minimum atomic E-state index is 0.0714. The van der Waals surface area contributed by atoms with Crippen molar-refractivity contribution in [1.82, 2.24) is 5.32 Å². The van der Waals surface area contributed by atoms with E-state index in [0.717, 1.165) is 36.3 Å². The normalized spacial score (nSPS) is 10.4. The Morgan fingerprint density at radius 2 is 1.89 bits per heavy atom. The van der Waals surface area contributed by atoms with Crippen molar-refractivity contribution in [3.05, 3.63) is 34.9 Å². The monoisotopic (exact) mass is 283 g/mol. The summed E-state index contributed by atoms with van der Waals surface area (Å²) in [5.41, 5.74) is 1.02. The Morgan fingerprint density at radius 3 is 2.63 bits per heavy atom. The lowest BCUT2D eigenvalue weighted by molar-refractivity contribution is -0.121. The van der Waals surface area contributed by atoms with Gasteiger partial charge in [-0.15, -0.1) is 0 Å². The Bertz CT molecular complexity index is 382. The zero-order valence-electron chi connectivity index (χ0n) is 11.2. The van der Waals surface area contributed by atoms with Crippen LogP contribution in [0.2, 0.25) is 5.02 Å². The molecule has 0 aliphatic carbocycles. The zero-order valence-corrected chi connectivity index (χ0v) is 12.0. The lowest BCUT2D eigenvalue weighted by Gasteiger charge is -2.06. The standard InChI is InChI=1S/C15H22ClNO2/c16-14-8-4-3-7-13(14)9-10-15(19)17-11-5-1-2-6-12-18/h3-4,7-8,18H,1-2,5-6,9-12H2,(H,17,19). The first kappa shape index (κ1) is 16.0. The third kappa shape index (κ3) is 7.19. The number of benzene rings is 1. The minimum absolute atomic E-state index is 0.0714. The van der Waals surface area contributed by atoms with Crippen molar-refractivity contribution in [3.63, 3.8) is 0 Å². The molecule has 4 heteroatoms. The van der Waals surface area contributed by atoms with Gasteiger partial charge in [0.2, 0.25) is 5.91 Å². The number of rotatable bonds is 9. The molecule has 1 aromatic rings. The van der Waals surface area contributed by atoms with E-state index in [1.807, 2.05) is 24.3 Å². The number of aliphatic hydroxyl groups excluding tert-OH is 1. The summed E-state index contributed by atoms with van der Waals surface area (Å²) in [4.78, 5) is 11.6. The molecule has 0 fully saturated rings. The average Bonchev–Trinajstić information content (AvgIpc) is 2.42. The summed E-state index contributed by atoms with van der Waals surface area (Å²) < 4.78 is 0. The van der Waals surface area contributed by atoms with Gasteiger partial charge in [-0.3, -0.25) is 4.79 Å². The van der Waals surface area contributed by atoms with Crippen LogP contribution in [0.1, 0.15) is 37.7 Å². The maximum atomic E-state index is 11.6. The molecule has 106 valence electrons. The van der Waals surface area contributed by atoms with E-state index in [9.17, 15) is 4.79 Å². The molecular formula is C15H22ClNO2. The van der Waals surface area contributed by atoms with Crippen molar-refractivity contribution in [3.8, 4) is 0 Å². The third-order valence-electron chi connectivity index (χ3n) is 2.99. The molecule has 2 N–H and O–H groups in total. The van der Waals surface area contributed by atoms with Crippen molar-refractivity contribution in [1.29, 1.82) is 0 Å². The van der Waals surface area contributed by atoms with Gasteiger partial charge >= 0.3 is 0 Å². The van der Waals surface area contributed by atoms with Crippen molar-refractivity contribution in [2.24, 2.45) is 0 Å². The molecule has 0 spiro atoms. The summed E-state index contributed by atoms with van der Waals surface area (Å²) in [5.74, 6) is 0.0714. The smallest absolute Gasteiger partial charge is 0.220 e. The van der Waals surface area contributed by atoms with Gasteiger partial charge in [0.15, 0.2) is 0 Å². The Balaban J connectivity index is 2.10. The molecule has 0 aliphatic heterocycles. The highest BCUT2D eigenvalue weighted by molar-refractivity contribution is 6.31. The summed E-state index contributed by atoms with van der Waals surface area (Å²) in [5, 5.41) is 12.3. The molecule has 0 aromatic heterocycles. The number of halogens is 1. The van der Waals surface area contributed by atoms with Crippen LogP contribution < -0.4 is 5.32 Å². The Morgan fingerprint density at radius 1 is 1.16 bits per heavy atom. The van der Waals surface area contributed by atoms with E-state index < -0.39 is 0 Å². The topological polar surface area (TPSA) is 49.3 Å². The Hall–Kier alpha value is -1.06. The molecule has 0 saturated heterocycles. The van der Waals surface area contributed by atoms with Crippen molar-refractivity contribution in [2.45, 2.75) is 38.5 Å². The van der Waals surface area contributed by atoms with Crippen LogP contribution in [0.15, 0.2) is 24.3 Å². The number of nitrogens with one attached hydrogen (secondary N) is 1. The molecule has 0 heterocycles. The van der Waals surface area contributed by atoms with Crippen LogP contribution in [0.3, 0.4) is 0 Å². The van der Waals surface area contributed by atoms with Gasteiger partial charge in [-0.05, 0) is 30.9 Å². The van der Waals surface area contributed by atoms with Crippen molar-refractivity contribution < 1.29 is 9.90 Å². The molecule has 0 saturated carbocycles. The lowest BCUT2D eigenvalue weighted by Crippen LogP contribution is -2.24. The third-order valence-corrected chi connectivity index (χ3v) is 3.36. The number of aryl methyl sites for hydroxylation is 1. The predicted molar refractivity (Wildman–Crippen MR) is 78.3 cm³/mol. The van der Waals surface area contributed by atoms with Crippen LogP contribution >= 0.6 is 11.6 Å². The molecule has 1 aromatic carbocycles. The number of amides is 1. The first-order chi connectivity index (χ1) is 9.24. The fourth-order valence-corrected chi connectivity index (χ4v) is 2.09. The van der Waals surface area contributed by atoms with E-state index in [-0.39, 0.29) is 12.5 Å². The van der Waals surface area contributed by atoms with Gasteiger partial charge in [0.1, 0.15) is 0 Å². The van der Waals surface area contributed by atoms with E-state index in [0.29, 0.717) is 19.4 Å². The fraction of sp³-hybridized carbons (Fsp3) is 0.533. The molecular weight excluding hydrogens is 262 g/mol. The van der Waals surface area contributed by atoms with Gasteiger partial charge < -0.3 is 10.4 Å². The van der Waals surface area contributed by atoms with Crippen LogP contribution in [-0.2, 0) is 11.2 Å². The number of hydrogen-bond donors (Lipinski definition) is 2. The molecule has 1 amide bonds. The number of carbonyl (C=O) groups excluding carboxylic acids is 1. The van der Waals surface area contributed by atoms with E-state index in [1.54, 1.807) is 0 Å². The summed E-state index contributed by atoms with van der Waals surface area (Å²) in [6.07, 6.45) is 5.03. The summed E-state index contributed by atoms with van der Waals surface area (Å²) in [6, 6.07) is 7.61. The van der Waals surface area contributed by atoms with Gasteiger partial charge in [0.05, 0.1) is 0 Å². The molecule has 0 bridgehead atoms. The molecule has 0 atom stereocenters. The number of hydrogen-bond acceptors (Lipinski definition) is 2. The maximum Gasteiger partial charge on any atom is 0.220 e. The van der Waals surface area contributed by atoms with Crippen LogP contribution in [0.5, 0.6) is 0 Å². The highest BCUT2D eigenvalue weighted by Gasteiger charge is 2.04. The SMILES string of the molecule is O=C(CCc1ccccc1Cl)NCCCCCCO. The summed E-state index contributed by atoms with van der Waals surface area (Å²) in [7, 11) is 0. The minimum Gasteiger partial charge on any atom is -0.396 e. The summed E-state index contributed by atoms with van der Waals surface area (Å²) >= 11 is 6.03. The van der Waals surface area contributed by atoms with Crippen LogP contribution in [0.25, 0.3) is 0 Å². The largest absolute Gasteiger partial charge is 0.396 e. The molecule has 1 rings (SSSR count). The fourth-order valence-electron chi connectivity index (χ4n) is 1.86. The van der Waals surface area contributed by atoms with Crippen LogP contribution in [0, 0.1) is 0 Å². The van der Waals surface area contributed by atoms with Crippen LogP contribution in [-0.4, -0.2) is 24.2 Å². The van der Waals surface area contributed by atoms with Crippen molar-refractivity contribution >= 4 is 17.5 Å². The van der Waals surface area contributed by atoms with Gasteiger partial charge in [-0.2, -0.15) is 0 Å². The lowest BCUT2D eigenvalue weighted by atomic mass is 10.1. The quantitative estimate of drug-likeness (QED) is 0.685. The Kier molecular flexibility index (Phi) is 8.26. The van der Waals surface area contributed by atoms with Gasteiger partial charge in [0.25, 0.3) is 0 Å². The first-order valence-electron chi connectivity index (χ1n) is 6.85. The molecule has 19 heavy (non-hydrogen) atoms. The van der Waals surface area contributed by atoms with Gasteiger partial charge in [-0.25, -0.2) is 0 Å². The van der Waals surface area contributed by atoms with Gasteiger partial charge in [0, 0.05) is 24.6 Å². The predicted octanol–water partition coefficient (Wildman–Crippen LogP) is 2.94. The highest BCUT2D eigenvalue weighted by atomic mass is 35.5. The van der Waals surface area contributed by atoms with E-state index in [2.05, 4.69) is 5.32 Å². The molecule has 3 nitrogen and oxygen atoms in total. The second-order valence-electron chi connectivity index (χ2n) is 4.58.